The average Bonchev–Trinajstić information content (AvgIpc) is 3.14. The number of fused-ring (bicyclic) bond motifs is 3. The van der Waals surface area contributed by atoms with E-state index in [4.69, 9.17) is 4.98 Å². The molecule has 0 aliphatic heterocycles. The molecule has 0 N–H and O–H groups in total. The maximum Gasteiger partial charge on any atom is 0.263 e. The number of nitrogens with zero attached hydrogens (tertiary/aromatic N) is 2. The summed E-state index contributed by atoms with van der Waals surface area (Å²) in [6, 6.07) is 10.9. The van der Waals surface area contributed by atoms with E-state index in [9.17, 15) is 4.79 Å². The van der Waals surface area contributed by atoms with Gasteiger partial charge in [-0.1, -0.05) is 61.4 Å². The molecule has 0 atom stereocenters. The molecule has 152 valence electrons. The van der Waals surface area contributed by atoms with Gasteiger partial charge in [0.15, 0.2) is 5.16 Å². The number of hydrogen-bond acceptors (Lipinski definition) is 4. The van der Waals surface area contributed by atoms with Crippen molar-refractivity contribution < 1.29 is 0 Å². The van der Waals surface area contributed by atoms with Crippen molar-refractivity contribution in [3.05, 3.63) is 56.7 Å². The van der Waals surface area contributed by atoms with Gasteiger partial charge in [0.05, 0.1) is 5.39 Å². The van der Waals surface area contributed by atoms with Gasteiger partial charge in [-0.05, 0) is 56.1 Å². The van der Waals surface area contributed by atoms with E-state index < -0.39 is 0 Å². The molecule has 2 aliphatic carbocycles. The first-order chi connectivity index (χ1) is 14.3. The standard InChI is InChI=1S/C24H28N2OS2/c27-23-21-19-13-7-8-14-20(19)29-22(21)25-24(26(23)18-11-5-2-6-12-18)28-16-15-17-9-3-1-4-10-17/h1,3-4,9-10,18H,2,5-8,11-16H2. The Labute approximate surface area is 180 Å². The van der Waals surface area contributed by atoms with Crippen LogP contribution in [0.1, 0.15) is 67.0 Å². The highest BCUT2D eigenvalue weighted by atomic mass is 32.2. The van der Waals surface area contributed by atoms with Crippen LogP contribution in [0.2, 0.25) is 0 Å². The first-order valence-electron chi connectivity index (χ1n) is 11.0. The third-order valence-corrected chi connectivity index (χ3v) is 8.53. The molecule has 0 spiro atoms. The molecule has 0 amide bonds. The fraction of sp³-hybridized carbons (Fsp3) is 0.500. The van der Waals surface area contributed by atoms with Crippen LogP contribution in [0.15, 0.2) is 40.3 Å². The molecule has 0 unspecified atom stereocenters. The lowest BCUT2D eigenvalue weighted by molar-refractivity contribution is 0.326. The SMILES string of the molecule is O=c1c2c3c(sc2nc(SCCc2ccccc2)n1C1CCCCC1)CCCC3. The molecule has 5 rings (SSSR count). The van der Waals surface area contributed by atoms with Crippen LogP contribution < -0.4 is 5.56 Å². The molecule has 3 nitrogen and oxygen atoms in total. The average molecular weight is 425 g/mol. The van der Waals surface area contributed by atoms with Crippen LogP contribution in [0.4, 0.5) is 0 Å². The summed E-state index contributed by atoms with van der Waals surface area (Å²) in [5.74, 6) is 0.958. The number of aromatic nitrogens is 2. The van der Waals surface area contributed by atoms with E-state index in [2.05, 4.69) is 34.9 Å². The molecule has 5 heteroatoms. The van der Waals surface area contributed by atoms with Crippen LogP contribution in [0.3, 0.4) is 0 Å². The highest BCUT2D eigenvalue weighted by molar-refractivity contribution is 7.99. The topological polar surface area (TPSA) is 34.9 Å². The second-order valence-electron chi connectivity index (χ2n) is 8.34. The number of thiophene rings is 1. The Kier molecular flexibility index (Phi) is 5.78. The van der Waals surface area contributed by atoms with Gasteiger partial charge < -0.3 is 0 Å². The molecule has 1 fully saturated rings. The monoisotopic (exact) mass is 424 g/mol. The molecule has 3 aromatic rings. The van der Waals surface area contributed by atoms with Gasteiger partial charge in [-0.2, -0.15) is 0 Å². The predicted molar refractivity (Wildman–Crippen MR) is 124 cm³/mol. The normalized spacial score (nSPS) is 17.5. The van der Waals surface area contributed by atoms with Crippen LogP contribution >= 0.6 is 23.1 Å². The van der Waals surface area contributed by atoms with Crippen LogP contribution in [0.25, 0.3) is 10.2 Å². The third-order valence-electron chi connectivity index (χ3n) is 6.39. The van der Waals surface area contributed by atoms with Crippen molar-refractivity contribution in [2.24, 2.45) is 0 Å². The Balaban J connectivity index is 1.52. The van der Waals surface area contributed by atoms with Crippen LogP contribution in [0, 0.1) is 0 Å². The lowest BCUT2D eigenvalue weighted by atomic mass is 9.94. The van der Waals surface area contributed by atoms with E-state index in [1.807, 2.05) is 0 Å². The van der Waals surface area contributed by atoms with Gasteiger partial charge in [-0.3, -0.25) is 9.36 Å². The number of hydrogen-bond donors (Lipinski definition) is 0. The second kappa shape index (κ2) is 8.65. The highest BCUT2D eigenvalue weighted by Crippen LogP contribution is 2.37. The molecular formula is C24H28N2OS2. The van der Waals surface area contributed by atoms with E-state index in [0.717, 1.165) is 53.2 Å². The van der Waals surface area contributed by atoms with Gasteiger partial charge in [-0.15, -0.1) is 11.3 Å². The minimum Gasteiger partial charge on any atom is -0.284 e. The summed E-state index contributed by atoms with van der Waals surface area (Å²) in [4.78, 5) is 21.2. The van der Waals surface area contributed by atoms with Crippen LogP contribution in [0.5, 0.6) is 0 Å². The molecule has 2 aromatic heterocycles. The zero-order valence-electron chi connectivity index (χ0n) is 16.9. The quantitative estimate of drug-likeness (QED) is 0.362. The summed E-state index contributed by atoms with van der Waals surface area (Å²) in [6.45, 7) is 0. The smallest absolute Gasteiger partial charge is 0.263 e. The van der Waals surface area contributed by atoms with Gasteiger partial charge >= 0.3 is 0 Å². The lowest BCUT2D eigenvalue weighted by Gasteiger charge is -2.26. The summed E-state index contributed by atoms with van der Waals surface area (Å²) in [7, 11) is 0. The minimum atomic E-state index is 0.239. The summed E-state index contributed by atoms with van der Waals surface area (Å²) < 4.78 is 2.10. The van der Waals surface area contributed by atoms with E-state index >= 15 is 0 Å². The fourth-order valence-electron chi connectivity index (χ4n) is 4.87. The molecular weight excluding hydrogens is 396 g/mol. The lowest BCUT2D eigenvalue weighted by Crippen LogP contribution is -2.29. The van der Waals surface area contributed by atoms with Gasteiger partial charge in [-0.25, -0.2) is 4.98 Å². The van der Waals surface area contributed by atoms with Crippen molar-refractivity contribution in [2.45, 2.75) is 75.4 Å². The van der Waals surface area contributed by atoms with Crippen molar-refractivity contribution in [3.63, 3.8) is 0 Å². The van der Waals surface area contributed by atoms with Crippen LogP contribution in [-0.2, 0) is 19.3 Å². The Morgan fingerprint density at radius 2 is 1.83 bits per heavy atom. The Bertz CT molecular complexity index is 1050. The zero-order chi connectivity index (χ0) is 19.6. The summed E-state index contributed by atoms with van der Waals surface area (Å²) in [6.07, 6.45) is 11.6. The molecule has 1 aromatic carbocycles. The third kappa shape index (κ3) is 3.91. The number of rotatable bonds is 5. The molecule has 1 saturated carbocycles. The summed E-state index contributed by atoms with van der Waals surface area (Å²) >= 11 is 3.54. The second-order valence-corrected chi connectivity index (χ2v) is 10.5. The highest BCUT2D eigenvalue weighted by Gasteiger charge is 2.26. The van der Waals surface area contributed by atoms with Crippen molar-refractivity contribution in [1.29, 1.82) is 0 Å². The van der Waals surface area contributed by atoms with E-state index in [-0.39, 0.29) is 5.56 Å². The number of thioether (sulfide) groups is 1. The zero-order valence-corrected chi connectivity index (χ0v) is 18.5. The molecule has 29 heavy (non-hydrogen) atoms. The Hall–Kier alpha value is -1.59. The van der Waals surface area contributed by atoms with Crippen molar-refractivity contribution in [2.75, 3.05) is 5.75 Å². The van der Waals surface area contributed by atoms with Crippen LogP contribution in [-0.4, -0.2) is 15.3 Å². The fourth-order valence-corrected chi connectivity index (χ4v) is 7.22. The first kappa shape index (κ1) is 19.4. The molecule has 2 heterocycles. The van der Waals surface area contributed by atoms with Gasteiger partial charge in [0.2, 0.25) is 0 Å². The first-order valence-corrected chi connectivity index (χ1v) is 12.8. The molecule has 0 radical (unpaired) electrons. The summed E-state index contributed by atoms with van der Waals surface area (Å²) in [5, 5.41) is 1.90. The van der Waals surface area contributed by atoms with Gasteiger partial charge in [0.1, 0.15) is 4.83 Å². The van der Waals surface area contributed by atoms with Crippen molar-refractivity contribution >= 4 is 33.3 Å². The number of benzene rings is 1. The van der Waals surface area contributed by atoms with Crippen molar-refractivity contribution in [1.82, 2.24) is 9.55 Å². The Morgan fingerprint density at radius 3 is 2.66 bits per heavy atom. The largest absolute Gasteiger partial charge is 0.284 e. The predicted octanol–water partition coefficient (Wildman–Crippen LogP) is 6.18. The van der Waals surface area contributed by atoms with E-state index in [1.54, 1.807) is 23.1 Å². The minimum absolute atomic E-state index is 0.239. The molecule has 2 aliphatic rings. The maximum atomic E-state index is 13.7. The molecule has 0 bridgehead atoms. The maximum absolute atomic E-state index is 13.7. The van der Waals surface area contributed by atoms with E-state index in [1.165, 1.54) is 48.1 Å². The Morgan fingerprint density at radius 1 is 1.03 bits per heavy atom. The van der Waals surface area contributed by atoms with E-state index in [0.29, 0.717) is 6.04 Å². The van der Waals surface area contributed by atoms with Gasteiger partial charge in [0, 0.05) is 16.7 Å². The summed E-state index contributed by atoms with van der Waals surface area (Å²) in [5.41, 5.74) is 2.90. The van der Waals surface area contributed by atoms with Gasteiger partial charge in [0.25, 0.3) is 5.56 Å². The molecule has 0 saturated heterocycles. The number of aryl methyl sites for hydroxylation is 3. The van der Waals surface area contributed by atoms with Crippen molar-refractivity contribution in [3.8, 4) is 0 Å².